The van der Waals surface area contributed by atoms with E-state index < -0.39 is 18.5 Å². The molecule has 3 aromatic rings. The van der Waals surface area contributed by atoms with Crippen LogP contribution >= 0.6 is 11.6 Å². The van der Waals surface area contributed by atoms with E-state index in [0.717, 1.165) is 5.69 Å². The Hall–Kier alpha value is -3.39. The zero-order valence-corrected chi connectivity index (χ0v) is 16.1. The number of ether oxygens (including phenoxy) is 1. The van der Waals surface area contributed by atoms with Gasteiger partial charge in [0.15, 0.2) is 6.61 Å². The summed E-state index contributed by atoms with van der Waals surface area (Å²) >= 11 is 6.02. The van der Waals surface area contributed by atoms with Crippen molar-refractivity contribution < 1.29 is 14.3 Å². The topological polar surface area (TPSA) is 89.4 Å². The lowest BCUT2D eigenvalue weighted by atomic mass is 10.2. The van der Waals surface area contributed by atoms with Gasteiger partial charge in [0.1, 0.15) is 12.7 Å². The van der Waals surface area contributed by atoms with Crippen LogP contribution in [0.25, 0.3) is 5.69 Å². The van der Waals surface area contributed by atoms with Gasteiger partial charge in [-0.05, 0) is 42.5 Å². The van der Waals surface area contributed by atoms with E-state index in [2.05, 4.69) is 15.4 Å². The lowest BCUT2D eigenvalue weighted by Gasteiger charge is -2.13. The fourth-order valence-corrected chi connectivity index (χ4v) is 2.61. The summed E-state index contributed by atoms with van der Waals surface area (Å²) in [7, 11) is 3.81. The fraction of sp³-hybridized carbons (Fsp3) is 0.158. The van der Waals surface area contributed by atoms with Crippen molar-refractivity contribution in [2.45, 2.75) is 0 Å². The van der Waals surface area contributed by atoms with Gasteiger partial charge < -0.3 is 15.0 Å². The van der Waals surface area contributed by atoms with Crippen LogP contribution < -0.4 is 10.2 Å². The number of carbonyl (C=O) groups is 2. The molecule has 1 aromatic heterocycles. The van der Waals surface area contributed by atoms with Crippen LogP contribution in [0.2, 0.25) is 5.02 Å². The highest BCUT2D eigenvalue weighted by Gasteiger charge is 2.13. The molecule has 0 aliphatic heterocycles. The predicted molar refractivity (Wildman–Crippen MR) is 106 cm³/mol. The molecule has 0 radical (unpaired) electrons. The average Bonchev–Trinajstić information content (AvgIpc) is 3.21. The van der Waals surface area contributed by atoms with Gasteiger partial charge >= 0.3 is 5.97 Å². The van der Waals surface area contributed by atoms with Gasteiger partial charge in [0.2, 0.25) is 0 Å². The van der Waals surface area contributed by atoms with Crippen LogP contribution in [0.4, 0.5) is 11.4 Å². The predicted octanol–water partition coefficient (Wildman–Crippen LogP) is 2.78. The van der Waals surface area contributed by atoms with Crippen molar-refractivity contribution in [2.24, 2.45) is 0 Å². The van der Waals surface area contributed by atoms with E-state index in [4.69, 9.17) is 16.3 Å². The van der Waals surface area contributed by atoms with Crippen LogP contribution in [0.3, 0.4) is 0 Å². The highest BCUT2D eigenvalue weighted by atomic mass is 35.5. The molecule has 1 amide bonds. The lowest BCUT2D eigenvalue weighted by molar-refractivity contribution is -0.119. The SMILES string of the molecule is CN(C)c1ccc(C(=O)OCC(=O)Nc2cc(Cl)ccc2-n2cncn2)cc1. The molecule has 0 aliphatic rings. The molecular weight excluding hydrogens is 382 g/mol. The molecule has 1 N–H and O–H groups in total. The molecule has 0 spiro atoms. The number of hydrogen-bond acceptors (Lipinski definition) is 6. The van der Waals surface area contributed by atoms with Gasteiger partial charge in [-0.2, -0.15) is 5.10 Å². The zero-order chi connectivity index (χ0) is 20.1. The Bertz CT molecular complexity index is 972. The van der Waals surface area contributed by atoms with E-state index in [1.807, 2.05) is 19.0 Å². The summed E-state index contributed by atoms with van der Waals surface area (Å²) < 4.78 is 6.58. The first-order valence-electron chi connectivity index (χ1n) is 8.33. The second-order valence-electron chi connectivity index (χ2n) is 6.07. The second-order valence-corrected chi connectivity index (χ2v) is 6.50. The van der Waals surface area contributed by atoms with Crippen molar-refractivity contribution in [1.29, 1.82) is 0 Å². The van der Waals surface area contributed by atoms with Gasteiger partial charge in [-0.3, -0.25) is 4.79 Å². The molecule has 0 unspecified atom stereocenters. The van der Waals surface area contributed by atoms with Crippen LogP contribution in [0.5, 0.6) is 0 Å². The van der Waals surface area contributed by atoms with Crippen LogP contribution in [-0.2, 0) is 9.53 Å². The molecule has 0 saturated heterocycles. The van der Waals surface area contributed by atoms with Crippen LogP contribution in [0, 0.1) is 0 Å². The number of carbonyl (C=O) groups excluding carboxylic acids is 2. The summed E-state index contributed by atoms with van der Waals surface area (Å²) in [6.07, 6.45) is 2.87. The van der Waals surface area contributed by atoms with E-state index >= 15 is 0 Å². The van der Waals surface area contributed by atoms with Gasteiger partial charge in [-0.15, -0.1) is 0 Å². The first kappa shape index (κ1) is 19.4. The number of anilines is 2. The molecule has 0 aliphatic carbocycles. The Morgan fingerprint density at radius 3 is 2.57 bits per heavy atom. The minimum absolute atomic E-state index is 0.365. The molecule has 9 heteroatoms. The van der Waals surface area contributed by atoms with Crippen molar-refractivity contribution in [3.8, 4) is 5.69 Å². The third-order valence-corrected chi connectivity index (χ3v) is 4.09. The minimum atomic E-state index is -0.581. The van der Waals surface area contributed by atoms with E-state index in [1.165, 1.54) is 17.3 Å². The maximum atomic E-state index is 12.2. The number of halogens is 1. The van der Waals surface area contributed by atoms with Gasteiger partial charge in [0.05, 0.1) is 16.9 Å². The number of esters is 1. The molecule has 0 bridgehead atoms. The van der Waals surface area contributed by atoms with E-state index in [1.54, 1.807) is 42.5 Å². The Morgan fingerprint density at radius 1 is 1.18 bits per heavy atom. The molecular formula is C19H18ClN5O3. The van der Waals surface area contributed by atoms with Crippen LogP contribution in [0.15, 0.2) is 55.1 Å². The average molecular weight is 400 g/mol. The number of amides is 1. The minimum Gasteiger partial charge on any atom is -0.452 e. The first-order chi connectivity index (χ1) is 13.4. The molecule has 28 heavy (non-hydrogen) atoms. The monoisotopic (exact) mass is 399 g/mol. The zero-order valence-electron chi connectivity index (χ0n) is 15.3. The third kappa shape index (κ3) is 4.66. The van der Waals surface area contributed by atoms with Gasteiger partial charge in [0, 0.05) is 24.8 Å². The fourth-order valence-electron chi connectivity index (χ4n) is 2.44. The molecule has 0 atom stereocenters. The largest absolute Gasteiger partial charge is 0.452 e. The summed E-state index contributed by atoms with van der Waals surface area (Å²) in [6.45, 7) is -0.433. The maximum Gasteiger partial charge on any atom is 0.338 e. The Kier molecular flexibility index (Phi) is 5.90. The Labute approximate surface area is 166 Å². The summed E-state index contributed by atoms with van der Waals surface area (Å²) in [5.41, 5.74) is 2.33. The summed E-state index contributed by atoms with van der Waals surface area (Å²) in [5, 5.41) is 7.16. The third-order valence-electron chi connectivity index (χ3n) is 3.85. The number of nitrogens with zero attached hydrogens (tertiary/aromatic N) is 4. The van der Waals surface area contributed by atoms with Crippen molar-refractivity contribution in [3.63, 3.8) is 0 Å². The molecule has 1 heterocycles. The normalized spacial score (nSPS) is 10.4. The number of aromatic nitrogens is 3. The number of hydrogen-bond donors (Lipinski definition) is 1. The smallest absolute Gasteiger partial charge is 0.338 e. The van der Waals surface area contributed by atoms with Crippen molar-refractivity contribution in [3.05, 3.63) is 65.7 Å². The molecule has 0 fully saturated rings. The molecule has 8 nitrogen and oxygen atoms in total. The van der Waals surface area contributed by atoms with Gasteiger partial charge in [-0.25, -0.2) is 14.5 Å². The number of nitrogens with one attached hydrogen (secondary N) is 1. The summed E-state index contributed by atoms with van der Waals surface area (Å²) in [5.74, 6) is -1.08. The van der Waals surface area contributed by atoms with Gasteiger partial charge in [-0.1, -0.05) is 11.6 Å². The Balaban J connectivity index is 1.63. The lowest BCUT2D eigenvalue weighted by Crippen LogP contribution is -2.22. The van der Waals surface area contributed by atoms with E-state index in [0.29, 0.717) is 22.0 Å². The van der Waals surface area contributed by atoms with Crippen molar-refractivity contribution in [1.82, 2.24) is 14.8 Å². The van der Waals surface area contributed by atoms with E-state index in [9.17, 15) is 9.59 Å². The van der Waals surface area contributed by atoms with Crippen molar-refractivity contribution in [2.75, 3.05) is 30.9 Å². The molecule has 3 rings (SSSR count). The number of benzene rings is 2. The van der Waals surface area contributed by atoms with Crippen molar-refractivity contribution >= 4 is 34.9 Å². The Morgan fingerprint density at radius 2 is 1.93 bits per heavy atom. The van der Waals surface area contributed by atoms with Crippen LogP contribution in [-0.4, -0.2) is 47.3 Å². The molecule has 2 aromatic carbocycles. The molecule has 0 saturated carbocycles. The maximum absolute atomic E-state index is 12.2. The highest BCUT2D eigenvalue weighted by molar-refractivity contribution is 6.31. The molecule has 144 valence electrons. The highest BCUT2D eigenvalue weighted by Crippen LogP contribution is 2.24. The second kappa shape index (κ2) is 8.53. The standard InChI is InChI=1S/C19H18ClN5O3/c1-24(2)15-6-3-13(4-7-15)19(27)28-10-18(26)23-16-9-14(20)5-8-17(16)25-12-21-11-22-25/h3-9,11-12H,10H2,1-2H3,(H,23,26). The summed E-state index contributed by atoms with van der Waals surface area (Å²) in [6, 6.07) is 11.8. The quantitative estimate of drug-likeness (QED) is 0.641. The van der Waals surface area contributed by atoms with E-state index in [-0.39, 0.29) is 0 Å². The first-order valence-corrected chi connectivity index (χ1v) is 8.71. The number of rotatable bonds is 6. The summed E-state index contributed by atoms with van der Waals surface area (Å²) in [4.78, 5) is 30.2. The van der Waals surface area contributed by atoms with Crippen LogP contribution in [0.1, 0.15) is 10.4 Å². The van der Waals surface area contributed by atoms with Gasteiger partial charge in [0.25, 0.3) is 5.91 Å².